The summed E-state index contributed by atoms with van der Waals surface area (Å²) in [6, 6.07) is 7.11. The minimum Gasteiger partial charge on any atom is -0.472 e. The summed E-state index contributed by atoms with van der Waals surface area (Å²) in [7, 11) is -4.49. The molecule has 1 atom stereocenters. The minimum absolute atomic E-state index is 0.464. The van der Waals surface area contributed by atoms with E-state index in [4.69, 9.17) is 20.9 Å². The van der Waals surface area contributed by atoms with Gasteiger partial charge in [-0.15, -0.1) is 0 Å². The maximum atomic E-state index is 10.3. The molecule has 16 heavy (non-hydrogen) atoms. The first kappa shape index (κ1) is 13.2. The quantitative estimate of drug-likeness (QED) is 0.649. The van der Waals surface area contributed by atoms with Gasteiger partial charge in [0.1, 0.15) is 12.4 Å². The van der Waals surface area contributed by atoms with Crippen LogP contribution in [0.15, 0.2) is 24.3 Å². The second kappa shape index (κ2) is 5.49. The number of aryl methyl sites for hydroxylation is 1. The standard InChI is InChI=1S/C9H11ClO5S/c1-7-4-2-3-5-8(7)15-9(10)6-14-16(11,12)13/h2-5,9H,6H2,1H3,(H,11,12,13). The van der Waals surface area contributed by atoms with Gasteiger partial charge in [-0.2, -0.15) is 8.42 Å². The summed E-state index contributed by atoms with van der Waals surface area (Å²) in [5.41, 5.74) is -0.136. The lowest BCUT2D eigenvalue weighted by Gasteiger charge is -2.13. The SMILES string of the molecule is Cc1ccccc1OC(Cl)COS(=O)(=O)O. The molecule has 0 heterocycles. The van der Waals surface area contributed by atoms with Crippen LogP contribution < -0.4 is 4.74 Å². The van der Waals surface area contributed by atoms with Crippen molar-refractivity contribution in [1.29, 1.82) is 0 Å². The van der Waals surface area contributed by atoms with E-state index in [0.717, 1.165) is 5.56 Å². The smallest absolute Gasteiger partial charge is 0.397 e. The van der Waals surface area contributed by atoms with Gasteiger partial charge in [-0.05, 0) is 18.6 Å². The fraction of sp³-hybridized carbons (Fsp3) is 0.333. The first-order valence-corrected chi connectivity index (χ1v) is 6.17. The summed E-state index contributed by atoms with van der Waals surface area (Å²) >= 11 is 5.67. The zero-order valence-electron chi connectivity index (χ0n) is 8.46. The molecular weight excluding hydrogens is 256 g/mol. The van der Waals surface area contributed by atoms with Gasteiger partial charge in [-0.1, -0.05) is 29.8 Å². The minimum atomic E-state index is -4.49. The van der Waals surface area contributed by atoms with Gasteiger partial charge < -0.3 is 4.74 Å². The average molecular weight is 267 g/mol. The van der Waals surface area contributed by atoms with Crippen LogP contribution in [0.3, 0.4) is 0 Å². The zero-order valence-corrected chi connectivity index (χ0v) is 10.0. The van der Waals surface area contributed by atoms with E-state index in [1.54, 1.807) is 12.1 Å². The van der Waals surface area contributed by atoms with Crippen LogP contribution in [0.2, 0.25) is 0 Å². The molecule has 0 amide bonds. The average Bonchev–Trinajstić information content (AvgIpc) is 2.18. The Balaban J connectivity index is 2.52. The van der Waals surface area contributed by atoms with Crippen LogP contribution in [0.5, 0.6) is 5.75 Å². The molecule has 0 spiro atoms. The molecule has 1 N–H and O–H groups in total. The summed E-state index contributed by atoms with van der Waals surface area (Å²) in [4.78, 5) is 0. The first-order chi connectivity index (χ1) is 7.38. The van der Waals surface area contributed by atoms with Gasteiger partial charge in [0.15, 0.2) is 5.56 Å². The molecule has 0 aliphatic heterocycles. The topological polar surface area (TPSA) is 72.8 Å². The number of halogens is 1. The zero-order chi connectivity index (χ0) is 12.2. The predicted octanol–water partition coefficient (Wildman–Crippen LogP) is 1.76. The molecule has 0 saturated heterocycles. The van der Waals surface area contributed by atoms with Crippen molar-refractivity contribution in [1.82, 2.24) is 0 Å². The molecule has 0 fully saturated rings. The lowest BCUT2D eigenvalue weighted by Crippen LogP contribution is -2.19. The van der Waals surface area contributed by atoms with Gasteiger partial charge in [0.05, 0.1) is 0 Å². The number of benzene rings is 1. The third kappa shape index (κ3) is 4.80. The molecule has 0 aliphatic carbocycles. The van der Waals surface area contributed by atoms with Crippen molar-refractivity contribution in [3.63, 3.8) is 0 Å². The van der Waals surface area contributed by atoms with E-state index in [0.29, 0.717) is 5.75 Å². The highest BCUT2D eigenvalue weighted by Crippen LogP contribution is 2.19. The van der Waals surface area contributed by atoms with Crippen molar-refractivity contribution in [3.05, 3.63) is 29.8 Å². The van der Waals surface area contributed by atoms with Crippen LogP contribution >= 0.6 is 11.6 Å². The van der Waals surface area contributed by atoms with E-state index in [9.17, 15) is 8.42 Å². The molecule has 0 bridgehead atoms. The van der Waals surface area contributed by atoms with Gasteiger partial charge in [0, 0.05) is 0 Å². The Kier molecular flexibility index (Phi) is 4.55. The van der Waals surface area contributed by atoms with E-state index in [2.05, 4.69) is 4.18 Å². The maximum Gasteiger partial charge on any atom is 0.397 e. The molecule has 1 aromatic rings. The summed E-state index contributed by atoms with van der Waals surface area (Å²) in [5.74, 6) is 0.529. The molecule has 0 radical (unpaired) electrons. The van der Waals surface area contributed by atoms with Crippen molar-refractivity contribution in [2.75, 3.05) is 6.61 Å². The molecule has 1 unspecified atom stereocenters. The normalized spacial score (nSPS) is 13.4. The summed E-state index contributed by atoms with van der Waals surface area (Å²) < 4.78 is 38.2. The molecule has 1 aromatic carbocycles. The Morgan fingerprint density at radius 2 is 2.06 bits per heavy atom. The maximum absolute atomic E-state index is 10.3. The Hall–Kier alpha value is -0.820. The number of rotatable bonds is 5. The van der Waals surface area contributed by atoms with Gasteiger partial charge in [-0.25, -0.2) is 4.18 Å². The summed E-state index contributed by atoms with van der Waals surface area (Å²) in [6.45, 7) is 1.36. The van der Waals surface area contributed by atoms with Crippen LogP contribution in [0, 0.1) is 6.92 Å². The molecule has 5 nitrogen and oxygen atoms in total. The van der Waals surface area contributed by atoms with Crippen molar-refractivity contribution >= 4 is 22.0 Å². The largest absolute Gasteiger partial charge is 0.472 e. The van der Waals surface area contributed by atoms with Gasteiger partial charge in [-0.3, -0.25) is 4.55 Å². The monoisotopic (exact) mass is 266 g/mol. The number of hydrogen-bond acceptors (Lipinski definition) is 4. The number of ether oxygens (including phenoxy) is 1. The Labute approximate surface area is 98.9 Å². The molecule has 7 heteroatoms. The van der Waals surface area contributed by atoms with E-state index in [1.807, 2.05) is 19.1 Å². The van der Waals surface area contributed by atoms with Gasteiger partial charge >= 0.3 is 10.4 Å². The fourth-order valence-corrected chi connectivity index (χ4v) is 1.53. The number of para-hydroxylation sites is 1. The number of alkyl halides is 1. The summed E-state index contributed by atoms with van der Waals surface area (Å²) in [6.07, 6.45) is 0. The van der Waals surface area contributed by atoms with Crippen LogP contribution in [0.4, 0.5) is 0 Å². The van der Waals surface area contributed by atoms with Gasteiger partial charge in [0.25, 0.3) is 0 Å². The second-order valence-corrected chi connectivity index (χ2v) is 4.58. The second-order valence-electron chi connectivity index (χ2n) is 3.01. The molecule has 0 aliphatic rings. The highest BCUT2D eigenvalue weighted by atomic mass is 35.5. The summed E-state index contributed by atoms with van der Waals surface area (Å²) in [5, 5.41) is 0. The molecule has 1 rings (SSSR count). The van der Waals surface area contributed by atoms with Crippen LogP contribution in [0.1, 0.15) is 5.56 Å². The van der Waals surface area contributed by atoms with Crippen LogP contribution in [-0.4, -0.2) is 25.1 Å². The molecule has 90 valence electrons. The highest BCUT2D eigenvalue weighted by molar-refractivity contribution is 7.80. The Morgan fingerprint density at radius 3 is 2.62 bits per heavy atom. The van der Waals surface area contributed by atoms with E-state index in [1.165, 1.54) is 0 Å². The van der Waals surface area contributed by atoms with Crippen molar-refractivity contribution in [2.45, 2.75) is 12.5 Å². The fourth-order valence-electron chi connectivity index (χ4n) is 1.000. The number of hydrogen-bond donors (Lipinski definition) is 1. The third-order valence-electron chi connectivity index (χ3n) is 1.70. The molecular formula is C9H11ClO5S. The van der Waals surface area contributed by atoms with Crippen molar-refractivity contribution in [2.24, 2.45) is 0 Å². The lowest BCUT2D eigenvalue weighted by molar-refractivity contribution is 0.175. The molecule has 0 saturated carbocycles. The Morgan fingerprint density at radius 1 is 1.44 bits per heavy atom. The molecule has 0 aromatic heterocycles. The van der Waals surface area contributed by atoms with Crippen LogP contribution in [-0.2, 0) is 14.6 Å². The van der Waals surface area contributed by atoms with E-state index >= 15 is 0 Å². The van der Waals surface area contributed by atoms with E-state index < -0.39 is 22.6 Å². The van der Waals surface area contributed by atoms with Crippen molar-refractivity contribution in [3.8, 4) is 5.75 Å². The highest BCUT2D eigenvalue weighted by Gasteiger charge is 2.13. The lowest BCUT2D eigenvalue weighted by atomic mass is 10.2. The van der Waals surface area contributed by atoms with E-state index in [-0.39, 0.29) is 0 Å². The predicted molar refractivity (Wildman–Crippen MR) is 58.9 cm³/mol. The van der Waals surface area contributed by atoms with Crippen LogP contribution in [0.25, 0.3) is 0 Å². The Bertz CT molecular complexity index is 445. The third-order valence-corrected chi connectivity index (χ3v) is 2.35. The first-order valence-electron chi connectivity index (χ1n) is 4.36. The van der Waals surface area contributed by atoms with Gasteiger partial charge in [0.2, 0.25) is 0 Å². The van der Waals surface area contributed by atoms with Crippen molar-refractivity contribution < 1.29 is 21.9 Å².